The molecule has 0 unspecified atom stereocenters. The standard InChI is InChI=1S/C11H21ClO2/c1-9(2)11(14)5-3-10(7-12,8-13)4-6-11/h9,13-14H,3-8H2,1-2H3. The van der Waals surface area contributed by atoms with Gasteiger partial charge in [-0.3, -0.25) is 0 Å². The van der Waals surface area contributed by atoms with Crippen LogP contribution in [0.4, 0.5) is 0 Å². The third-order valence-corrected chi connectivity index (χ3v) is 4.44. The normalized spacial score (nSPS) is 39.0. The first-order chi connectivity index (χ1) is 6.48. The van der Waals surface area contributed by atoms with Crippen molar-refractivity contribution >= 4 is 11.6 Å². The molecule has 1 fully saturated rings. The Morgan fingerprint density at radius 2 is 1.71 bits per heavy atom. The molecule has 0 aromatic carbocycles. The smallest absolute Gasteiger partial charge is 0.0671 e. The highest BCUT2D eigenvalue weighted by molar-refractivity contribution is 6.18. The summed E-state index contributed by atoms with van der Waals surface area (Å²) in [4.78, 5) is 0. The lowest BCUT2D eigenvalue weighted by atomic mass is 9.67. The van der Waals surface area contributed by atoms with Crippen LogP contribution in [0.5, 0.6) is 0 Å². The summed E-state index contributed by atoms with van der Waals surface area (Å²) >= 11 is 5.87. The number of hydrogen-bond acceptors (Lipinski definition) is 2. The second kappa shape index (κ2) is 4.38. The van der Waals surface area contributed by atoms with Gasteiger partial charge in [-0.05, 0) is 31.6 Å². The van der Waals surface area contributed by atoms with E-state index < -0.39 is 5.60 Å². The molecule has 0 aliphatic heterocycles. The lowest BCUT2D eigenvalue weighted by Gasteiger charge is -2.44. The van der Waals surface area contributed by atoms with E-state index in [0.29, 0.717) is 5.88 Å². The lowest BCUT2D eigenvalue weighted by Crippen LogP contribution is -2.44. The van der Waals surface area contributed by atoms with Crippen LogP contribution in [-0.2, 0) is 0 Å². The number of aliphatic hydroxyl groups is 2. The van der Waals surface area contributed by atoms with Gasteiger partial charge in [-0.1, -0.05) is 13.8 Å². The molecule has 0 aromatic heterocycles. The summed E-state index contributed by atoms with van der Waals surface area (Å²) in [5.41, 5.74) is -0.673. The molecule has 1 aliphatic carbocycles. The zero-order valence-electron chi connectivity index (χ0n) is 9.09. The van der Waals surface area contributed by atoms with E-state index in [1.807, 2.05) is 13.8 Å². The molecule has 0 heterocycles. The zero-order valence-corrected chi connectivity index (χ0v) is 9.85. The topological polar surface area (TPSA) is 40.5 Å². The van der Waals surface area contributed by atoms with Crippen LogP contribution >= 0.6 is 11.6 Å². The van der Waals surface area contributed by atoms with Gasteiger partial charge in [-0.25, -0.2) is 0 Å². The molecule has 0 atom stereocenters. The minimum absolute atomic E-state index is 0.136. The number of alkyl halides is 1. The fourth-order valence-corrected chi connectivity index (χ4v) is 2.48. The molecule has 0 spiro atoms. The summed E-state index contributed by atoms with van der Waals surface area (Å²) in [6.07, 6.45) is 3.19. The second-order valence-electron chi connectivity index (χ2n) is 5.05. The van der Waals surface area contributed by atoms with Crippen molar-refractivity contribution in [3.05, 3.63) is 0 Å². The molecule has 0 aromatic rings. The molecule has 14 heavy (non-hydrogen) atoms. The van der Waals surface area contributed by atoms with Crippen molar-refractivity contribution in [3.8, 4) is 0 Å². The molecule has 2 nitrogen and oxygen atoms in total. The van der Waals surface area contributed by atoms with Crippen molar-refractivity contribution in [2.75, 3.05) is 12.5 Å². The van der Waals surface area contributed by atoms with Gasteiger partial charge in [0.2, 0.25) is 0 Å². The molecular weight excluding hydrogens is 200 g/mol. The molecule has 1 saturated carbocycles. The Morgan fingerprint density at radius 1 is 1.21 bits per heavy atom. The van der Waals surface area contributed by atoms with Crippen LogP contribution in [-0.4, -0.2) is 28.3 Å². The predicted octanol–water partition coefficient (Wildman–Crippen LogP) is 2.17. The summed E-state index contributed by atoms with van der Waals surface area (Å²) in [6, 6.07) is 0. The van der Waals surface area contributed by atoms with Gasteiger partial charge >= 0.3 is 0 Å². The summed E-state index contributed by atoms with van der Waals surface area (Å²) in [5.74, 6) is 0.784. The molecule has 2 N–H and O–H groups in total. The fraction of sp³-hybridized carbons (Fsp3) is 1.00. The van der Waals surface area contributed by atoms with Gasteiger partial charge in [0.15, 0.2) is 0 Å². The Kier molecular flexibility index (Phi) is 3.84. The van der Waals surface area contributed by atoms with E-state index in [1.165, 1.54) is 0 Å². The van der Waals surface area contributed by atoms with Crippen LogP contribution in [0, 0.1) is 11.3 Å². The molecule has 84 valence electrons. The first kappa shape index (κ1) is 12.3. The van der Waals surface area contributed by atoms with E-state index in [-0.39, 0.29) is 17.9 Å². The molecule has 3 heteroatoms. The van der Waals surface area contributed by atoms with E-state index in [0.717, 1.165) is 25.7 Å². The Bertz CT molecular complexity index is 172. The Hall–Kier alpha value is 0.210. The van der Waals surface area contributed by atoms with Gasteiger partial charge in [0.05, 0.1) is 5.60 Å². The van der Waals surface area contributed by atoms with Gasteiger partial charge in [-0.15, -0.1) is 11.6 Å². The number of halogens is 1. The number of hydrogen-bond donors (Lipinski definition) is 2. The monoisotopic (exact) mass is 220 g/mol. The van der Waals surface area contributed by atoms with Crippen molar-refractivity contribution in [1.82, 2.24) is 0 Å². The molecule has 0 radical (unpaired) electrons. The summed E-state index contributed by atoms with van der Waals surface area (Å²) in [7, 11) is 0. The predicted molar refractivity (Wildman–Crippen MR) is 58.5 cm³/mol. The van der Waals surface area contributed by atoms with Crippen molar-refractivity contribution < 1.29 is 10.2 Å². The summed E-state index contributed by atoms with van der Waals surface area (Å²) < 4.78 is 0. The van der Waals surface area contributed by atoms with Crippen LogP contribution in [0.3, 0.4) is 0 Å². The van der Waals surface area contributed by atoms with Crippen molar-refractivity contribution in [1.29, 1.82) is 0 Å². The molecule has 1 aliphatic rings. The number of aliphatic hydroxyl groups excluding tert-OH is 1. The largest absolute Gasteiger partial charge is 0.396 e. The van der Waals surface area contributed by atoms with Gasteiger partial charge < -0.3 is 10.2 Å². The first-order valence-electron chi connectivity index (χ1n) is 5.37. The third kappa shape index (κ3) is 2.23. The van der Waals surface area contributed by atoms with Crippen LogP contribution in [0.25, 0.3) is 0 Å². The average molecular weight is 221 g/mol. The highest BCUT2D eigenvalue weighted by Crippen LogP contribution is 2.44. The first-order valence-corrected chi connectivity index (χ1v) is 5.91. The van der Waals surface area contributed by atoms with Gasteiger partial charge in [-0.2, -0.15) is 0 Å². The highest BCUT2D eigenvalue weighted by atomic mass is 35.5. The van der Waals surface area contributed by atoms with E-state index in [2.05, 4.69) is 0 Å². The average Bonchev–Trinajstić information content (AvgIpc) is 2.20. The molecule has 0 saturated heterocycles. The van der Waals surface area contributed by atoms with Gasteiger partial charge in [0.1, 0.15) is 0 Å². The Morgan fingerprint density at radius 3 is 2.00 bits per heavy atom. The fourth-order valence-electron chi connectivity index (χ4n) is 2.12. The van der Waals surface area contributed by atoms with Gasteiger partial charge in [0, 0.05) is 17.9 Å². The minimum Gasteiger partial charge on any atom is -0.396 e. The van der Waals surface area contributed by atoms with E-state index in [1.54, 1.807) is 0 Å². The lowest BCUT2D eigenvalue weighted by molar-refractivity contribution is -0.0724. The Balaban J connectivity index is 2.60. The summed E-state index contributed by atoms with van der Waals surface area (Å²) in [5, 5.41) is 19.5. The minimum atomic E-state index is -0.537. The van der Waals surface area contributed by atoms with Crippen molar-refractivity contribution in [2.24, 2.45) is 11.3 Å². The molecule has 0 amide bonds. The van der Waals surface area contributed by atoms with Crippen LogP contribution < -0.4 is 0 Å². The molecular formula is C11H21ClO2. The van der Waals surface area contributed by atoms with E-state index >= 15 is 0 Å². The molecule has 0 bridgehead atoms. The van der Waals surface area contributed by atoms with Crippen molar-refractivity contribution in [2.45, 2.75) is 45.1 Å². The maximum absolute atomic E-state index is 10.2. The zero-order chi connectivity index (χ0) is 10.8. The van der Waals surface area contributed by atoms with Gasteiger partial charge in [0.25, 0.3) is 0 Å². The Labute approximate surface area is 91.3 Å². The molecule has 1 rings (SSSR count). The maximum Gasteiger partial charge on any atom is 0.0671 e. The summed E-state index contributed by atoms with van der Waals surface area (Å²) in [6.45, 7) is 4.24. The van der Waals surface area contributed by atoms with Crippen LogP contribution in [0.2, 0.25) is 0 Å². The van der Waals surface area contributed by atoms with Crippen LogP contribution in [0.1, 0.15) is 39.5 Å². The third-order valence-electron chi connectivity index (χ3n) is 3.87. The maximum atomic E-state index is 10.2. The quantitative estimate of drug-likeness (QED) is 0.716. The van der Waals surface area contributed by atoms with Crippen LogP contribution in [0.15, 0.2) is 0 Å². The second-order valence-corrected chi connectivity index (χ2v) is 5.32. The number of rotatable bonds is 3. The SMILES string of the molecule is CC(C)C1(O)CCC(CO)(CCl)CC1. The van der Waals surface area contributed by atoms with E-state index in [9.17, 15) is 10.2 Å². The van der Waals surface area contributed by atoms with Crippen molar-refractivity contribution in [3.63, 3.8) is 0 Å². The highest BCUT2D eigenvalue weighted by Gasteiger charge is 2.42. The van der Waals surface area contributed by atoms with E-state index in [4.69, 9.17) is 11.6 Å².